The van der Waals surface area contributed by atoms with Crippen molar-refractivity contribution in [1.82, 2.24) is 9.97 Å². The van der Waals surface area contributed by atoms with E-state index in [1.54, 1.807) is 0 Å². The molecule has 2 N–H and O–H groups in total. The lowest BCUT2D eigenvalue weighted by Gasteiger charge is -2.02. The van der Waals surface area contributed by atoms with Crippen LogP contribution < -0.4 is 5.69 Å². The molecule has 0 amide bonds. The smallest absolute Gasteiger partial charge is 0.352 e. The Kier molecular flexibility index (Phi) is 2.88. The summed E-state index contributed by atoms with van der Waals surface area (Å²) in [6.45, 7) is 0. The van der Waals surface area contributed by atoms with Crippen molar-refractivity contribution in [2.75, 3.05) is 0 Å². The largest absolute Gasteiger partial charge is 0.477 e. The molecule has 92 valence electrons. The highest BCUT2D eigenvalue weighted by Crippen LogP contribution is 2.19. The Morgan fingerprint density at radius 3 is 2.33 bits per heavy atom. The third kappa shape index (κ3) is 2.40. The predicted octanol–water partition coefficient (Wildman–Crippen LogP) is 1.41. The van der Waals surface area contributed by atoms with Crippen molar-refractivity contribution in [2.45, 2.75) is 0 Å². The quantitative estimate of drug-likeness (QED) is 0.846. The second-order valence-electron chi connectivity index (χ2n) is 3.45. The lowest BCUT2D eigenvalue weighted by Crippen LogP contribution is -2.16. The van der Waals surface area contributed by atoms with E-state index in [2.05, 4.69) is 4.98 Å². The van der Waals surface area contributed by atoms with Crippen molar-refractivity contribution >= 4 is 5.97 Å². The first kappa shape index (κ1) is 11.9. The molecule has 0 spiro atoms. The molecule has 18 heavy (non-hydrogen) atoms. The molecule has 2 rings (SSSR count). The van der Waals surface area contributed by atoms with E-state index < -0.39 is 29.0 Å². The van der Waals surface area contributed by atoms with Gasteiger partial charge in [-0.2, -0.15) is 4.98 Å². The monoisotopic (exact) mass is 252 g/mol. The number of hydrogen-bond donors (Lipinski definition) is 2. The fraction of sp³-hybridized carbons (Fsp3) is 0. The Morgan fingerprint density at radius 1 is 1.17 bits per heavy atom. The minimum atomic E-state index is -1.37. The van der Waals surface area contributed by atoms with Crippen LogP contribution in [0.5, 0.6) is 0 Å². The summed E-state index contributed by atoms with van der Waals surface area (Å²) in [7, 11) is 0. The minimum Gasteiger partial charge on any atom is -0.477 e. The minimum absolute atomic E-state index is 0.0129. The predicted molar refractivity (Wildman–Crippen MR) is 57.2 cm³/mol. The SMILES string of the molecule is O=C(O)c1cc(-c2cc(F)cc(F)c2)nc(=O)[nH]1. The van der Waals surface area contributed by atoms with Gasteiger partial charge in [0.1, 0.15) is 17.3 Å². The van der Waals surface area contributed by atoms with Gasteiger partial charge in [0, 0.05) is 11.6 Å². The summed E-state index contributed by atoms with van der Waals surface area (Å²) >= 11 is 0. The molecule has 1 heterocycles. The highest BCUT2D eigenvalue weighted by molar-refractivity contribution is 5.86. The maximum absolute atomic E-state index is 13.0. The molecule has 1 aromatic carbocycles. The average molecular weight is 252 g/mol. The van der Waals surface area contributed by atoms with Crippen LogP contribution in [-0.2, 0) is 0 Å². The normalized spacial score (nSPS) is 10.3. The van der Waals surface area contributed by atoms with Gasteiger partial charge in [-0.25, -0.2) is 18.4 Å². The second kappa shape index (κ2) is 4.36. The van der Waals surface area contributed by atoms with E-state index in [0.717, 1.165) is 18.2 Å². The molecule has 1 aromatic heterocycles. The van der Waals surface area contributed by atoms with Crippen LogP contribution in [0.15, 0.2) is 29.1 Å². The zero-order valence-electron chi connectivity index (χ0n) is 8.78. The molecule has 0 saturated heterocycles. The van der Waals surface area contributed by atoms with Gasteiger partial charge < -0.3 is 5.11 Å². The maximum Gasteiger partial charge on any atom is 0.352 e. The molecule has 0 bridgehead atoms. The molecule has 0 aliphatic carbocycles. The summed E-state index contributed by atoms with van der Waals surface area (Å²) in [5, 5.41) is 8.74. The van der Waals surface area contributed by atoms with Gasteiger partial charge in [0.15, 0.2) is 0 Å². The molecule has 0 aliphatic heterocycles. The van der Waals surface area contributed by atoms with Crippen molar-refractivity contribution < 1.29 is 18.7 Å². The van der Waals surface area contributed by atoms with Crippen LogP contribution in [0.4, 0.5) is 8.78 Å². The van der Waals surface area contributed by atoms with Crippen molar-refractivity contribution in [3.05, 3.63) is 52.1 Å². The standard InChI is InChI=1S/C11H6F2N2O3/c12-6-1-5(2-7(13)3-6)8-4-9(10(16)17)15-11(18)14-8/h1-4H,(H,16,17)(H,14,15,18). The third-order valence-corrected chi connectivity index (χ3v) is 2.13. The van der Waals surface area contributed by atoms with Gasteiger partial charge in [-0.05, 0) is 18.2 Å². The highest BCUT2D eigenvalue weighted by Gasteiger charge is 2.10. The molecule has 0 fully saturated rings. The Bertz CT molecular complexity index is 662. The Labute approximate surface area is 98.7 Å². The van der Waals surface area contributed by atoms with Crippen molar-refractivity contribution in [3.63, 3.8) is 0 Å². The molecular weight excluding hydrogens is 246 g/mol. The summed E-state index contributed by atoms with van der Waals surface area (Å²) in [6, 6.07) is 3.60. The first-order valence-electron chi connectivity index (χ1n) is 4.77. The number of halogens is 2. The maximum atomic E-state index is 13.0. The van der Waals surface area contributed by atoms with Gasteiger partial charge in [-0.3, -0.25) is 4.98 Å². The van der Waals surface area contributed by atoms with E-state index in [1.165, 1.54) is 0 Å². The number of aromatic nitrogens is 2. The van der Waals surface area contributed by atoms with Gasteiger partial charge in [0.2, 0.25) is 0 Å². The van der Waals surface area contributed by atoms with E-state index in [0.29, 0.717) is 6.07 Å². The summed E-state index contributed by atoms with van der Waals surface area (Å²) in [4.78, 5) is 27.3. The van der Waals surface area contributed by atoms with Crippen molar-refractivity contribution in [3.8, 4) is 11.3 Å². The summed E-state index contributed by atoms with van der Waals surface area (Å²) in [5.74, 6) is -3.06. The van der Waals surface area contributed by atoms with Crippen LogP contribution >= 0.6 is 0 Å². The zero-order valence-corrected chi connectivity index (χ0v) is 8.78. The van der Waals surface area contributed by atoms with Crippen LogP contribution in [-0.4, -0.2) is 21.0 Å². The summed E-state index contributed by atoms with van der Waals surface area (Å²) in [5.41, 5.74) is -1.44. The van der Waals surface area contributed by atoms with Crippen LogP contribution in [0.2, 0.25) is 0 Å². The second-order valence-corrected chi connectivity index (χ2v) is 3.45. The van der Waals surface area contributed by atoms with Crippen LogP contribution in [0, 0.1) is 11.6 Å². The molecule has 2 aromatic rings. The first-order chi connectivity index (χ1) is 8.45. The molecule has 0 atom stereocenters. The lowest BCUT2D eigenvalue weighted by molar-refractivity contribution is 0.0690. The first-order valence-corrected chi connectivity index (χ1v) is 4.77. The number of nitrogens with zero attached hydrogens (tertiary/aromatic N) is 1. The van der Waals surface area contributed by atoms with E-state index in [1.807, 2.05) is 4.98 Å². The van der Waals surface area contributed by atoms with Crippen LogP contribution in [0.1, 0.15) is 10.5 Å². The number of hydrogen-bond acceptors (Lipinski definition) is 3. The number of H-pyrrole nitrogens is 1. The van der Waals surface area contributed by atoms with Crippen molar-refractivity contribution in [1.29, 1.82) is 0 Å². The Morgan fingerprint density at radius 2 is 1.78 bits per heavy atom. The van der Waals surface area contributed by atoms with E-state index in [4.69, 9.17) is 5.11 Å². The molecule has 0 unspecified atom stereocenters. The topological polar surface area (TPSA) is 83.0 Å². The van der Waals surface area contributed by atoms with Gasteiger partial charge >= 0.3 is 11.7 Å². The van der Waals surface area contributed by atoms with Gasteiger partial charge in [0.25, 0.3) is 0 Å². The van der Waals surface area contributed by atoms with Crippen LogP contribution in [0.3, 0.4) is 0 Å². The average Bonchev–Trinajstić information content (AvgIpc) is 2.26. The summed E-state index contributed by atoms with van der Waals surface area (Å²) in [6.07, 6.45) is 0. The van der Waals surface area contributed by atoms with Crippen molar-refractivity contribution in [2.24, 2.45) is 0 Å². The molecule has 0 saturated carbocycles. The molecular formula is C11H6F2N2O3. The number of benzene rings is 1. The number of aromatic carboxylic acids is 1. The fourth-order valence-electron chi connectivity index (χ4n) is 1.42. The Balaban J connectivity index is 2.63. The number of aromatic amines is 1. The van der Waals surface area contributed by atoms with E-state index >= 15 is 0 Å². The zero-order chi connectivity index (χ0) is 13.3. The van der Waals surface area contributed by atoms with E-state index in [9.17, 15) is 18.4 Å². The fourth-order valence-corrected chi connectivity index (χ4v) is 1.42. The number of carboxylic acid groups (broad SMARTS) is 1. The van der Waals surface area contributed by atoms with Gasteiger partial charge in [-0.15, -0.1) is 0 Å². The number of nitrogens with one attached hydrogen (secondary N) is 1. The van der Waals surface area contributed by atoms with Gasteiger partial charge in [0.05, 0.1) is 5.69 Å². The molecule has 5 nitrogen and oxygen atoms in total. The Hall–Kier alpha value is -2.57. The summed E-state index contributed by atoms with van der Waals surface area (Å²) < 4.78 is 26.0. The highest BCUT2D eigenvalue weighted by atomic mass is 19.1. The van der Waals surface area contributed by atoms with Gasteiger partial charge in [-0.1, -0.05) is 0 Å². The van der Waals surface area contributed by atoms with Crippen LogP contribution in [0.25, 0.3) is 11.3 Å². The van der Waals surface area contributed by atoms with E-state index in [-0.39, 0.29) is 11.3 Å². The number of rotatable bonds is 2. The molecule has 0 radical (unpaired) electrons. The third-order valence-electron chi connectivity index (χ3n) is 2.13. The number of carboxylic acids is 1. The lowest BCUT2D eigenvalue weighted by atomic mass is 10.1. The molecule has 7 heteroatoms. The number of carbonyl (C=O) groups is 1. The molecule has 0 aliphatic rings.